The predicted molar refractivity (Wildman–Crippen MR) is 67.5 cm³/mol. The van der Waals surface area contributed by atoms with E-state index in [-0.39, 0.29) is 12.1 Å². The van der Waals surface area contributed by atoms with Crippen LogP contribution in [0.1, 0.15) is 51.4 Å². The Hall–Kier alpha value is -0.610. The lowest BCUT2D eigenvalue weighted by molar-refractivity contribution is -0.142. The summed E-state index contributed by atoms with van der Waals surface area (Å²) in [5.74, 6) is -0.686. The molecule has 0 amide bonds. The molecular formula is C14H23NO3. The number of ether oxygens (including phenoxy) is 1. The van der Waals surface area contributed by atoms with Gasteiger partial charge in [-0.3, -0.25) is 9.69 Å². The highest BCUT2D eigenvalue weighted by Crippen LogP contribution is 2.43. The fourth-order valence-electron chi connectivity index (χ4n) is 3.77. The molecule has 2 saturated carbocycles. The van der Waals surface area contributed by atoms with Gasteiger partial charge in [0, 0.05) is 18.7 Å². The van der Waals surface area contributed by atoms with Crippen LogP contribution in [0, 0.1) is 0 Å². The second-order valence-corrected chi connectivity index (χ2v) is 6.18. The number of nitrogens with zero attached hydrogens (tertiary/aromatic N) is 1. The third-order valence-electron chi connectivity index (χ3n) is 4.78. The van der Waals surface area contributed by atoms with Crippen molar-refractivity contribution >= 4 is 5.97 Å². The molecule has 1 atom stereocenters. The number of carboxylic acids is 1. The number of carboxylic acid groups (broad SMARTS) is 1. The van der Waals surface area contributed by atoms with E-state index in [0.29, 0.717) is 12.1 Å². The van der Waals surface area contributed by atoms with Gasteiger partial charge in [0.2, 0.25) is 0 Å². The van der Waals surface area contributed by atoms with Crippen LogP contribution < -0.4 is 0 Å². The fraction of sp³-hybridized carbons (Fsp3) is 0.929. The molecule has 1 N–H and O–H groups in total. The van der Waals surface area contributed by atoms with E-state index in [1.165, 1.54) is 38.5 Å². The van der Waals surface area contributed by atoms with Gasteiger partial charge in [-0.15, -0.1) is 0 Å². The van der Waals surface area contributed by atoms with Gasteiger partial charge in [0.1, 0.15) is 0 Å². The molecule has 0 aromatic carbocycles. The smallest absolute Gasteiger partial charge is 0.317 e. The minimum absolute atomic E-state index is 0.0918. The van der Waals surface area contributed by atoms with E-state index in [2.05, 4.69) is 4.90 Å². The van der Waals surface area contributed by atoms with Crippen molar-refractivity contribution in [1.29, 1.82) is 0 Å². The molecule has 1 spiro atoms. The first-order valence-corrected chi connectivity index (χ1v) is 7.30. The Morgan fingerprint density at radius 3 is 2.56 bits per heavy atom. The Labute approximate surface area is 108 Å². The van der Waals surface area contributed by atoms with Crippen LogP contribution in [-0.2, 0) is 9.53 Å². The summed E-state index contributed by atoms with van der Waals surface area (Å²) >= 11 is 0. The zero-order chi connectivity index (χ0) is 12.6. The zero-order valence-corrected chi connectivity index (χ0v) is 10.9. The molecule has 3 fully saturated rings. The lowest BCUT2D eigenvalue weighted by atomic mass is 9.88. The second kappa shape index (κ2) is 4.82. The van der Waals surface area contributed by atoms with Crippen LogP contribution in [0.15, 0.2) is 0 Å². The third-order valence-corrected chi connectivity index (χ3v) is 4.78. The lowest BCUT2D eigenvalue weighted by Gasteiger charge is -2.42. The van der Waals surface area contributed by atoms with Crippen molar-refractivity contribution in [3.05, 3.63) is 0 Å². The van der Waals surface area contributed by atoms with Crippen LogP contribution in [0.5, 0.6) is 0 Å². The van der Waals surface area contributed by atoms with Crippen LogP contribution in [0.2, 0.25) is 0 Å². The molecule has 0 radical (unpaired) electrons. The van der Waals surface area contributed by atoms with E-state index in [9.17, 15) is 4.79 Å². The molecule has 0 aromatic heterocycles. The molecule has 2 aliphatic carbocycles. The minimum Gasteiger partial charge on any atom is -0.480 e. The first-order valence-electron chi connectivity index (χ1n) is 7.30. The topological polar surface area (TPSA) is 49.8 Å². The standard InChI is InChI=1S/C14H23NO3/c16-13(17)10-15(11-3-4-11)12-5-8-18-14(9-12)6-1-2-7-14/h11-12H,1-10H2,(H,16,17). The van der Waals surface area contributed by atoms with Gasteiger partial charge in [-0.05, 0) is 38.5 Å². The first kappa shape index (κ1) is 12.4. The van der Waals surface area contributed by atoms with Gasteiger partial charge in [0.25, 0.3) is 0 Å². The molecule has 1 aliphatic heterocycles. The average molecular weight is 253 g/mol. The monoisotopic (exact) mass is 253 g/mol. The van der Waals surface area contributed by atoms with Gasteiger partial charge < -0.3 is 9.84 Å². The maximum absolute atomic E-state index is 11.0. The molecule has 1 heterocycles. The minimum atomic E-state index is -0.686. The Bertz CT molecular complexity index is 321. The normalized spacial score (nSPS) is 31.1. The van der Waals surface area contributed by atoms with Gasteiger partial charge >= 0.3 is 5.97 Å². The van der Waals surface area contributed by atoms with Crippen molar-refractivity contribution in [3.63, 3.8) is 0 Å². The summed E-state index contributed by atoms with van der Waals surface area (Å²) in [6, 6.07) is 0.961. The summed E-state index contributed by atoms with van der Waals surface area (Å²) in [6.07, 6.45) is 9.31. The van der Waals surface area contributed by atoms with Crippen LogP contribution >= 0.6 is 0 Å². The number of rotatable bonds is 4. The zero-order valence-electron chi connectivity index (χ0n) is 10.9. The summed E-state index contributed by atoms with van der Waals surface area (Å²) in [6.45, 7) is 1.03. The Morgan fingerprint density at radius 1 is 1.22 bits per heavy atom. The number of carbonyl (C=O) groups is 1. The highest BCUT2D eigenvalue weighted by molar-refractivity contribution is 5.69. The van der Waals surface area contributed by atoms with Crippen LogP contribution in [0.3, 0.4) is 0 Å². The largest absolute Gasteiger partial charge is 0.480 e. The summed E-state index contributed by atoms with van der Waals surface area (Å²) in [5.41, 5.74) is 0.0918. The van der Waals surface area contributed by atoms with E-state index in [1.54, 1.807) is 0 Å². The number of hydrogen-bond acceptors (Lipinski definition) is 3. The molecule has 1 saturated heterocycles. The van der Waals surface area contributed by atoms with Crippen molar-refractivity contribution in [2.45, 2.75) is 69.1 Å². The Kier molecular flexibility index (Phi) is 3.32. The van der Waals surface area contributed by atoms with E-state index in [1.807, 2.05) is 0 Å². The van der Waals surface area contributed by atoms with Crippen molar-refractivity contribution in [1.82, 2.24) is 4.90 Å². The molecule has 0 bridgehead atoms. The number of hydrogen-bond donors (Lipinski definition) is 1. The van der Waals surface area contributed by atoms with Crippen molar-refractivity contribution in [2.24, 2.45) is 0 Å². The molecule has 1 unspecified atom stereocenters. The molecule has 102 valence electrons. The maximum Gasteiger partial charge on any atom is 0.317 e. The van der Waals surface area contributed by atoms with Gasteiger partial charge in [0.15, 0.2) is 0 Å². The second-order valence-electron chi connectivity index (χ2n) is 6.18. The average Bonchev–Trinajstić information content (AvgIpc) is 3.09. The highest BCUT2D eigenvalue weighted by Gasteiger charge is 2.44. The summed E-state index contributed by atoms with van der Waals surface area (Å²) in [7, 11) is 0. The Morgan fingerprint density at radius 2 is 1.94 bits per heavy atom. The maximum atomic E-state index is 11.0. The van der Waals surface area contributed by atoms with Crippen molar-refractivity contribution < 1.29 is 14.6 Å². The lowest BCUT2D eigenvalue weighted by Crippen LogP contribution is -2.49. The highest BCUT2D eigenvalue weighted by atomic mass is 16.5. The van der Waals surface area contributed by atoms with E-state index < -0.39 is 5.97 Å². The molecule has 0 aromatic rings. The fourth-order valence-corrected chi connectivity index (χ4v) is 3.77. The molecule has 3 rings (SSSR count). The van der Waals surface area contributed by atoms with Gasteiger partial charge in [-0.1, -0.05) is 12.8 Å². The summed E-state index contributed by atoms with van der Waals surface area (Å²) in [5, 5.41) is 9.08. The van der Waals surface area contributed by atoms with Crippen molar-refractivity contribution in [3.8, 4) is 0 Å². The van der Waals surface area contributed by atoms with Gasteiger partial charge in [0.05, 0.1) is 12.1 Å². The quantitative estimate of drug-likeness (QED) is 0.833. The summed E-state index contributed by atoms with van der Waals surface area (Å²) in [4.78, 5) is 13.3. The SMILES string of the molecule is O=C(O)CN(C1CC1)C1CCOC2(CCCC2)C1. The van der Waals surface area contributed by atoms with E-state index >= 15 is 0 Å². The molecular weight excluding hydrogens is 230 g/mol. The third kappa shape index (κ3) is 2.54. The predicted octanol–water partition coefficient (Wildman–Crippen LogP) is 2.03. The van der Waals surface area contributed by atoms with Gasteiger partial charge in [-0.25, -0.2) is 0 Å². The van der Waals surface area contributed by atoms with E-state index in [4.69, 9.17) is 9.84 Å². The molecule has 4 nitrogen and oxygen atoms in total. The Balaban J connectivity index is 1.67. The first-order chi connectivity index (χ1) is 8.69. The van der Waals surface area contributed by atoms with Crippen LogP contribution in [0.25, 0.3) is 0 Å². The van der Waals surface area contributed by atoms with Crippen LogP contribution in [0.4, 0.5) is 0 Å². The molecule has 18 heavy (non-hydrogen) atoms. The molecule has 4 heteroatoms. The summed E-state index contributed by atoms with van der Waals surface area (Å²) < 4.78 is 6.04. The van der Waals surface area contributed by atoms with Crippen LogP contribution in [-0.4, -0.2) is 46.8 Å². The van der Waals surface area contributed by atoms with Crippen molar-refractivity contribution in [2.75, 3.05) is 13.2 Å². The van der Waals surface area contributed by atoms with Gasteiger partial charge in [-0.2, -0.15) is 0 Å². The number of aliphatic carboxylic acids is 1. The molecule has 3 aliphatic rings. The van der Waals surface area contributed by atoms with E-state index in [0.717, 1.165) is 19.4 Å².